The number of Topliss-reactive ketones (excluding diaryl/α,β-unsaturated/α-hetero) is 1. The second kappa shape index (κ2) is 7.73. The van der Waals surface area contributed by atoms with Crippen LogP contribution in [0.2, 0.25) is 0 Å². The third-order valence-corrected chi connectivity index (χ3v) is 11.8. The van der Waals surface area contributed by atoms with Gasteiger partial charge in [0, 0.05) is 11.8 Å². The number of hydrogen-bond acceptors (Lipinski definition) is 1. The maximum atomic E-state index is 12.8. The number of carbonyl (C=O) groups excluding carboxylic acids is 1. The van der Waals surface area contributed by atoms with Crippen LogP contribution in [0.1, 0.15) is 120 Å². The minimum atomic E-state index is -0.153. The van der Waals surface area contributed by atoms with E-state index in [4.69, 9.17) is 0 Å². The van der Waals surface area contributed by atoms with Gasteiger partial charge in [0.1, 0.15) is 5.78 Å². The highest BCUT2D eigenvalue weighted by atomic mass is 16.1. The molecule has 176 valence electrons. The van der Waals surface area contributed by atoms with Crippen molar-refractivity contribution in [3.8, 4) is 0 Å². The number of ketones is 1. The molecule has 0 aromatic rings. The predicted molar refractivity (Wildman–Crippen MR) is 132 cm³/mol. The van der Waals surface area contributed by atoms with E-state index < -0.39 is 0 Å². The van der Waals surface area contributed by atoms with E-state index in [0.29, 0.717) is 33.9 Å². The van der Waals surface area contributed by atoms with Gasteiger partial charge in [0.05, 0.1) is 0 Å². The summed E-state index contributed by atoms with van der Waals surface area (Å²) in [6.45, 7) is 19.7. The van der Waals surface area contributed by atoms with Crippen molar-refractivity contribution in [1.29, 1.82) is 0 Å². The molecule has 0 aliphatic heterocycles. The maximum absolute atomic E-state index is 12.8. The van der Waals surface area contributed by atoms with Gasteiger partial charge >= 0.3 is 0 Å². The van der Waals surface area contributed by atoms with E-state index >= 15 is 0 Å². The number of rotatable bonds is 5. The topological polar surface area (TPSA) is 17.1 Å². The SMILES string of the molecule is CC(C)CCC[C@@H](C)[C@H]1CC[C@]2(C)C3=CC[C@H]4C(C)(C)C(=O)CC[C@]4(C)[C@@H]3CC[C@@]12C. The van der Waals surface area contributed by atoms with Crippen molar-refractivity contribution in [2.75, 3.05) is 0 Å². The van der Waals surface area contributed by atoms with Gasteiger partial charge < -0.3 is 0 Å². The van der Waals surface area contributed by atoms with E-state index in [-0.39, 0.29) is 5.41 Å². The van der Waals surface area contributed by atoms with E-state index in [0.717, 1.165) is 37.0 Å². The highest BCUT2D eigenvalue weighted by molar-refractivity contribution is 5.85. The molecule has 4 aliphatic rings. The van der Waals surface area contributed by atoms with Gasteiger partial charge in [-0.25, -0.2) is 0 Å². The average Bonchev–Trinajstić information content (AvgIpc) is 2.96. The molecule has 3 fully saturated rings. The molecule has 0 radical (unpaired) electrons. The van der Waals surface area contributed by atoms with E-state index in [9.17, 15) is 4.79 Å². The second-order valence-corrected chi connectivity index (χ2v) is 13.9. The molecule has 3 saturated carbocycles. The summed E-state index contributed by atoms with van der Waals surface area (Å²) in [5.74, 6) is 4.29. The molecule has 0 unspecified atom stereocenters. The molecular formula is C30H50O. The van der Waals surface area contributed by atoms with Crippen LogP contribution >= 0.6 is 0 Å². The summed E-state index contributed by atoms with van der Waals surface area (Å²) in [5, 5.41) is 0. The summed E-state index contributed by atoms with van der Waals surface area (Å²) in [6.07, 6.45) is 15.4. The van der Waals surface area contributed by atoms with Crippen LogP contribution in [-0.2, 0) is 4.79 Å². The van der Waals surface area contributed by atoms with Crippen LogP contribution in [0.4, 0.5) is 0 Å². The Labute approximate surface area is 193 Å². The largest absolute Gasteiger partial charge is 0.299 e. The van der Waals surface area contributed by atoms with Crippen molar-refractivity contribution in [1.82, 2.24) is 0 Å². The zero-order valence-electron chi connectivity index (χ0n) is 21.9. The number of carbonyl (C=O) groups is 1. The molecule has 0 bridgehead atoms. The molecule has 0 amide bonds. The summed E-state index contributed by atoms with van der Waals surface area (Å²) in [6, 6.07) is 0. The van der Waals surface area contributed by atoms with Gasteiger partial charge in [0.25, 0.3) is 0 Å². The fourth-order valence-electron chi connectivity index (χ4n) is 9.51. The number of hydrogen-bond donors (Lipinski definition) is 0. The first-order valence-corrected chi connectivity index (χ1v) is 13.6. The van der Waals surface area contributed by atoms with Crippen molar-refractivity contribution in [2.45, 2.75) is 120 Å². The van der Waals surface area contributed by atoms with Crippen molar-refractivity contribution >= 4 is 5.78 Å². The minimum Gasteiger partial charge on any atom is -0.299 e. The lowest BCUT2D eigenvalue weighted by Gasteiger charge is -2.63. The molecule has 0 aromatic heterocycles. The van der Waals surface area contributed by atoms with Crippen LogP contribution in [0.3, 0.4) is 0 Å². The molecule has 1 nitrogen and oxygen atoms in total. The Kier molecular flexibility index (Phi) is 5.88. The lowest BCUT2D eigenvalue weighted by molar-refractivity contribution is -0.146. The Hall–Kier alpha value is -0.590. The lowest BCUT2D eigenvalue weighted by Crippen LogP contribution is -2.57. The van der Waals surface area contributed by atoms with Gasteiger partial charge in [-0.15, -0.1) is 0 Å². The average molecular weight is 427 g/mol. The Morgan fingerprint density at radius 1 is 0.968 bits per heavy atom. The van der Waals surface area contributed by atoms with E-state index in [1.165, 1.54) is 44.9 Å². The minimum absolute atomic E-state index is 0.153. The van der Waals surface area contributed by atoms with E-state index in [1.54, 1.807) is 0 Å². The van der Waals surface area contributed by atoms with Crippen LogP contribution in [0.5, 0.6) is 0 Å². The summed E-state index contributed by atoms with van der Waals surface area (Å²) >= 11 is 0. The third-order valence-electron chi connectivity index (χ3n) is 11.8. The zero-order valence-corrected chi connectivity index (χ0v) is 21.9. The van der Waals surface area contributed by atoms with E-state index in [2.05, 4.69) is 61.5 Å². The fraction of sp³-hybridized carbons (Fsp3) is 0.900. The predicted octanol–water partition coefficient (Wildman–Crippen LogP) is 8.62. The molecule has 0 saturated heterocycles. The van der Waals surface area contributed by atoms with Crippen molar-refractivity contribution in [2.24, 2.45) is 51.2 Å². The smallest absolute Gasteiger partial charge is 0.138 e. The van der Waals surface area contributed by atoms with Crippen molar-refractivity contribution in [3.63, 3.8) is 0 Å². The summed E-state index contributed by atoms with van der Waals surface area (Å²) in [7, 11) is 0. The molecule has 0 heterocycles. The fourth-order valence-corrected chi connectivity index (χ4v) is 9.51. The van der Waals surface area contributed by atoms with Crippen LogP contribution in [0, 0.1) is 51.2 Å². The highest BCUT2D eigenvalue weighted by Crippen LogP contribution is 2.73. The third kappa shape index (κ3) is 3.33. The molecule has 7 atom stereocenters. The van der Waals surface area contributed by atoms with Gasteiger partial charge in [-0.1, -0.05) is 86.3 Å². The van der Waals surface area contributed by atoms with Crippen molar-refractivity contribution < 1.29 is 4.79 Å². The molecule has 0 aromatic carbocycles. The monoisotopic (exact) mass is 426 g/mol. The van der Waals surface area contributed by atoms with Crippen LogP contribution in [-0.4, -0.2) is 5.78 Å². The van der Waals surface area contributed by atoms with Gasteiger partial charge in [-0.2, -0.15) is 0 Å². The first-order chi connectivity index (χ1) is 14.4. The van der Waals surface area contributed by atoms with Crippen LogP contribution in [0.25, 0.3) is 0 Å². The summed E-state index contributed by atoms with van der Waals surface area (Å²) in [5.41, 5.74) is 2.80. The quantitative estimate of drug-likeness (QED) is 0.402. The molecule has 31 heavy (non-hydrogen) atoms. The first kappa shape index (κ1) is 23.6. The maximum Gasteiger partial charge on any atom is 0.138 e. The van der Waals surface area contributed by atoms with Crippen LogP contribution in [0.15, 0.2) is 11.6 Å². The molecule has 0 spiro atoms. The second-order valence-electron chi connectivity index (χ2n) is 13.9. The highest BCUT2D eigenvalue weighted by Gasteiger charge is 2.65. The Morgan fingerprint density at radius 3 is 2.35 bits per heavy atom. The standard InChI is InChI=1S/C30H50O/c1-20(2)10-9-11-21(3)22-14-18-30(8)24-12-13-25-27(4,5)26(31)16-17-28(25,6)23(24)15-19-29(22,30)7/h12,20-23,25H,9-11,13-19H2,1-8H3/t21-,22-,23-,25+,28-,29+,30-/m1/s1. The summed E-state index contributed by atoms with van der Waals surface area (Å²) in [4.78, 5) is 12.8. The molecular weight excluding hydrogens is 376 g/mol. The Morgan fingerprint density at radius 2 is 1.68 bits per heavy atom. The van der Waals surface area contributed by atoms with Gasteiger partial charge in [0.15, 0.2) is 0 Å². The Balaban J connectivity index is 1.61. The van der Waals surface area contributed by atoms with Gasteiger partial charge in [0.2, 0.25) is 0 Å². The zero-order chi connectivity index (χ0) is 22.8. The Bertz CT molecular complexity index is 744. The van der Waals surface area contributed by atoms with E-state index in [1.807, 2.05) is 5.57 Å². The number of allylic oxidation sites excluding steroid dienone is 2. The molecule has 0 N–H and O–H groups in total. The summed E-state index contributed by atoms with van der Waals surface area (Å²) < 4.78 is 0. The van der Waals surface area contributed by atoms with Gasteiger partial charge in [-0.05, 0) is 84.4 Å². The van der Waals surface area contributed by atoms with Gasteiger partial charge in [-0.3, -0.25) is 4.79 Å². The van der Waals surface area contributed by atoms with Crippen molar-refractivity contribution in [3.05, 3.63) is 11.6 Å². The number of fused-ring (bicyclic) bond motifs is 5. The van der Waals surface area contributed by atoms with Crippen LogP contribution < -0.4 is 0 Å². The lowest BCUT2D eigenvalue weighted by atomic mass is 9.41. The molecule has 1 heteroatoms. The molecule has 4 rings (SSSR count). The normalized spacial score (nSPS) is 45.0. The molecule has 4 aliphatic carbocycles. The first-order valence-electron chi connectivity index (χ1n) is 13.6.